The number of pyridine rings is 1. The zero-order valence-corrected chi connectivity index (χ0v) is 15.2. The lowest BCUT2D eigenvalue weighted by Gasteiger charge is -2.08. The molecule has 132 valence electrons. The summed E-state index contributed by atoms with van der Waals surface area (Å²) in [5, 5.41) is 4.55. The first-order valence-electron chi connectivity index (χ1n) is 7.37. The highest BCUT2D eigenvalue weighted by Gasteiger charge is 2.18. The van der Waals surface area contributed by atoms with Gasteiger partial charge in [-0.3, -0.25) is 4.40 Å². The van der Waals surface area contributed by atoms with E-state index in [2.05, 4.69) is 9.82 Å². The molecular weight excluding hydrogens is 387 g/mol. The second-order valence-corrected chi connectivity index (χ2v) is 7.84. The number of benzene rings is 1. The molecule has 0 fully saturated rings. The second-order valence-electron chi connectivity index (χ2n) is 5.26. The van der Waals surface area contributed by atoms with Gasteiger partial charge in [0.25, 0.3) is 0 Å². The van der Waals surface area contributed by atoms with E-state index < -0.39 is 10.0 Å². The fourth-order valence-electron chi connectivity index (χ4n) is 2.31. The lowest BCUT2D eigenvalue weighted by molar-refractivity contribution is 0.543. The third kappa shape index (κ3) is 3.87. The quantitative estimate of drug-likeness (QED) is 0.642. The summed E-state index contributed by atoms with van der Waals surface area (Å²) < 4.78 is 29.7. The SMILES string of the molecule is O=c1n(CCCNS(=O)(=O)c2cc(Cl)ccc2Cl)nc2ccccn12. The van der Waals surface area contributed by atoms with Crippen LogP contribution in [-0.4, -0.2) is 29.1 Å². The molecule has 1 N–H and O–H groups in total. The average molecular weight is 401 g/mol. The lowest BCUT2D eigenvalue weighted by atomic mass is 10.4. The molecule has 3 rings (SSSR count). The molecule has 0 aliphatic carbocycles. The van der Waals surface area contributed by atoms with E-state index in [1.165, 1.54) is 27.3 Å². The van der Waals surface area contributed by atoms with Crippen molar-refractivity contribution in [2.75, 3.05) is 6.54 Å². The zero-order valence-electron chi connectivity index (χ0n) is 12.9. The van der Waals surface area contributed by atoms with Crippen LogP contribution < -0.4 is 10.4 Å². The van der Waals surface area contributed by atoms with E-state index in [1.807, 2.05) is 0 Å². The average Bonchev–Trinajstić information content (AvgIpc) is 2.90. The van der Waals surface area contributed by atoms with Crippen LogP contribution in [0.1, 0.15) is 6.42 Å². The molecule has 0 aliphatic rings. The summed E-state index contributed by atoms with van der Waals surface area (Å²) in [5.74, 6) is 0. The summed E-state index contributed by atoms with van der Waals surface area (Å²) in [4.78, 5) is 12.0. The zero-order chi connectivity index (χ0) is 18.0. The third-order valence-corrected chi connectivity index (χ3v) is 5.69. The second kappa shape index (κ2) is 7.17. The van der Waals surface area contributed by atoms with Crippen molar-refractivity contribution < 1.29 is 8.42 Å². The summed E-state index contributed by atoms with van der Waals surface area (Å²) in [7, 11) is -3.78. The smallest absolute Gasteiger partial charge is 0.250 e. The van der Waals surface area contributed by atoms with Gasteiger partial charge in [0.2, 0.25) is 10.0 Å². The van der Waals surface area contributed by atoms with Crippen LogP contribution in [0.15, 0.2) is 52.3 Å². The molecule has 0 bridgehead atoms. The summed E-state index contributed by atoms with van der Waals surface area (Å²) in [5.41, 5.74) is 0.273. The lowest BCUT2D eigenvalue weighted by Crippen LogP contribution is -2.27. The Balaban J connectivity index is 1.65. The molecule has 2 aromatic heterocycles. The van der Waals surface area contributed by atoms with Crippen molar-refractivity contribution in [1.29, 1.82) is 0 Å². The molecule has 3 aromatic rings. The van der Waals surface area contributed by atoms with Gasteiger partial charge in [-0.25, -0.2) is 22.6 Å². The molecule has 1 aromatic carbocycles. The van der Waals surface area contributed by atoms with Crippen molar-refractivity contribution >= 4 is 38.9 Å². The van der Waals surface area contributed by atoms with Gasteiger partial charge in [-0.15, -0.1) is 5.10 Å². The number of hydrogen-bond donors (Lipinski definition) is 1. The molecule has 0 saturated carbocycles. The van der Waals surface area contributed by atoms with Crippen LogP contribution in [0.25, 0.3) is 5.65 Å². The number of aromatic nitrogens is 3. The summed E-state index contributed by atoms with van der Waals surface area (Å²) in [6.07, 6.45) is 2.02. The van der Waals surface area contributed by atoms with Crippen molar-refractivity contribution in [3.8, 4) is 0 Å². The Morgan fingerprint density at radius 2 is 1.96 bits per heavy atom. The normalized spacial score (nSPS) is 11.9. The highest BCUT2D eigenvalue weighted by molar-refractivity contribution is 7.89. The van der Waals surface area contributed by atoms with Crippen LogP contribution in [0.4, 0.5) is 0 Å². The van der Waals surface area contributed by atoms with Crippen LogP contribution in [0, 0.1) is 0 Å². The number of nitrogens with zero attached hydrogens (tertiary/aromatic N) is 3. The van der Waals surface area contributed by atoms with Gasteiger partial charge in [-0.2, -0.15) is 0 Å². The summed E-state index contributed by atoms with van der Waals surface area (Å²) in [6, 6.07) is 9.48. The Labute approximate surface area is 153 Å². The number of fused-ring (bicyclic) bond motifs is 1. The predicted octanol–water partition coefficient (Wildman–Crippen LogP) is 2.17. The number of sulfonamides is 1. The van der Waals surface area contributed by atoms with E-state index in [-0.39, 0.29) is 33.7 Å². The van der Waals surface area contributed by atoms with E-state index in [0.29, 0.717) is 12.1 Å². The fraction of sp³-hybridized carbons (Fsp3) is 0.200. The minimum Gasteiger partial charge on any atom is -0.250 e. The molecule has 0 unspecified atom stereocenters. The van der Waals surface area contributed by atoms with E-state index >= 15 is 0 Å². The molecule has 7 nitrogen and oxygen atoms in total. The van der Waals surface area contributed by atoms with Gasteiger partial charge < -0.3 is 0 Å². The number of rotatable bonds is 6. The number of nitrogens with one attached hydrogen (secondary N) is 1. The molecule has 25 heavy (non-hydrogen) atoms. The van der Waals surface area contributed by atoms with Crippen LogP contribution in [-0.2, 0) is 16.6 Å². The van der Waals surface area contributed by atoms with Crippen LogP contribution in [0.3, 0.4) is 0 Å². The van der Waals surface area contributed by atoms with E-state index in [4.69, 9.17) is 23.2 Å². The first kappa shape index (κ1) is 17.9. The van der Waals surface area contributed by atoms with Crippen LogP contribution in [0.2, 0.25) is 10.0 Å². The number of hydrogen-bond acceptors (Lipinski definition) is 4. The molecular formula is C15H14Cl2N4O3S. The van der Waals surface area contributed by atoms with E-state index in [0.717, 1.165) is 0 Å². The first-order chi connectivity index (χ1) is 11.9. The fourth-order valence-corrected chi connectivity index (χ4v) is 4.14. The maximum absolute atomic E-state index is 12.3. The summed E-state index contributed by atoms with van der Waals surface area (Å²) in [6.45, 7) is 0.414. The van der Waals surface area contributed by atoms with Crippen LogP contribution >= 0.6 is 23.2 Å². The Kier molecular flexibility index (Phi) is 5.14. The molecule has 0 saturated heterocycles. The summed E-state index contributed by atoms with van der Waals surface area (Å²) >= 11 is 11.7. The molecule has 0 amide bonds. The van der Waals surface area contributed by atoms with Gasteiger partial charge >= 0.3 is 5.69 Å². The van der Waals surface area contributed by atoms with Gasteiger partial charge in [-0.05, 0) is 36.8 Å². The molecule has 10 heteroatoms. The van der Waals surface area contributed by atoms with Crippen LogP contribution in [0.5, 0.6) is 0 Å². The van der Waals surface area contributed by atoms with Crippen molar-refractivity contribution in [3.05, 3.63) is 63.1 Å². The third-order valence-electron chi connectivity index (χ3n) is 3.51. The maximum atomic E-state index is 12.3. The minimum atomic E-state index is -3.78. The molecule has 0 aliphatic heterocycles. The maximum Gasteiger partial charge on any atom is 0.350 e. The van der Waals surface area contributed by atoms with Gasteiger partial charge in [0.15, 0.2) is 5.65 Å². The molecule has 0 spiro atoms. The number of aryl methyl sites for hydroxylation is 1. The Morgan fingerprint density at radius 1 is 1.16 bits per heavy atom. The Bertz CT molecular complexity index is 1080. The van der Waals surface area contributed by atoms with E-state index in [9.17, 15) is 13.2 Å². The van der Waals surface area contributed by atoms with Gasteiger partial charge in [0, 0.05) is 24.3 Å². The number of halogens is 2. The van der Waals surface area contributed by atoms with Crippen molar-refractivity contribution in [2.24, 2.45) is 0 Å². The Morgan fingerprint density at radius 3 is 2.72 bits per heavy atom. The predicted molar refractivity (Wildman–Crippen MR) is 95.7 cm³/mol. The van der Waals surface area contributed by atoms with E-state index in [1.54, 1.807) is 24.4 Å². The highest BCUT2D eigenvalue weighted by atomic mass is 35.5. The Hall–Kier alpha value is -1.87. The van der Waals surface area contributed by atoms with Crippen molar-refractivity contribution in [3.63, 3.8) is 0 Å². The highest BCUT2D eigenvalue weighted by Crippen LogP contribution is 2.24. The topological polar surface area (TPSA) is 85.5 Å². The van der Waals surface area contributed by atoms with Gasteiger partial charge in [-0.1, -0.05) is 29.3 Å². The standard InChI is InChI=1S/C15H14Cl2N4O3S/c16-11-5-6-12(17)13(10-11)25(23,24)18-7-3-9-21-15(22)20-8-2-1-4-14(20)19-21/h1-2,4-6,8,10,18H,3,7,9H2. The van der Waals surface area contributed by atoms with Crippen molar-refractivity contribution in [1.82, 2.24) is 18.9 Å². The van der Waals surface area contributed by atoms with Gasteiger partial charge in [0.05, 0.1) is 5.02 Å². The monoisotopic (exact) mass is 400 g/mol. The largest absolute Gasteiger partial charge is 0.350 e. The molecule has 0 atom stereocenters. The minimum absolute atomic E-state index is 0.0773. The van der Waals surface area contributed by atoms with Crippen molar-refractivity contribution in [2.45, 2.75) is 17.9 Å². The first-order valence-corrected chi connectivity index (χ1v) is 9.61. The molecule has 0 radical (unpaired) electrons. The van der Waals surface area contributed by atoms with Gasteiger partial charge in [0.1, 0.15) is 4.90 Å². The molecule has 2 heterocycles.